The van der Waals surface area contributed by atoms with E-state index in [0.29, 0.717) is 30.6 Å². The minimum absolute atomic E-state index is 0.0365. The summed E-state index contributed by atoms with van der Waals surface area (Å²) in [7, 11) is 0. The van der Waals surface area contributed by atoms with E-state index in [2.05, 4.69) is 49.9 Å². The van der Waals surface area contributed by atoms with Crippen molar-refractivity contribution in [2.75, 3.05) is 26.2 Å². The predicted molar refractivity (Wildman–Crippen MR) is 110 cm³/mol. The maximum atomic E-state index is 12.7. The van der Waals surface area contributed by atoms with Crippen LogP contribution < -0.4 is 0 Å². The van der Waals surface area contributed by atoms with E-state index in [0.717, 1.165) is 13.1 Å². The Morgan fingerprint density at radius 2 is 1.29 bits per heavy atom. The average Bonchev–Trinajstić information content (AvgIpc) is 2.73. The summed E-state index contributed by atoms with van der Waals surface area (Å²) in [5.41, 5.74) is 3.38. The second-order valence-corrected chi connectivity index (χ2v) is 7.71. The summed E-state index contributed by atoms with van der Waals surface area (Å²) in [6, 6.07) is 15.3. The Bertz CT molecular complexity index is 820. The predicted octanol–water partition coefficient (Wildman–Crippen LogP) is 4.03. The highest BCUT2D eigenvalue weighted by Gasteiger charge is 2.25. The molecular formula is C23H28N2O3. The highest BCUT2D eigenvalue weighted by Crippen LogP contribution is 2.24. The van der Waals surface area contributed by atoms with Crippen LogP contribution >= 0.6 is 0 Å². The summed E-state index contributed by atoms with van der Waals surface area (Å²) in [4.78, 5) is 27.9. The standard InChI is InChI=1S/C23H28N2O3/c1-16(2)18-4-6-19(7-5-18)17(3)24-12-14-25(15-13-24)22(26)20-8-10-21(11-9-20)23(27)28/h4-11,16-17H,12-15H2,1-3H3,(H,27,28). The second kappa shape index (κ2) is 8.57. The lowest BCUT2D eigenvalue weighted by Gasteiger charge is -2.38. The minimum atomic E-state index is -0.983. The molecule has 2 aromatic carbocycles. The van der Waals surface area contributed by atoms with Crippen molar-refractivity contribution in [2.24, 2.45) is 0 Å². The molecule has 1 atom stereocenters. The number of carboxylic acids is 1. The molecule has 1 N–H and O–H groups in total. The molecule has 1 amide bonds. The molecule has 1 unspecified atom stereocenters. The SMILES string of the molecule is CC(C)c1ccc(C(C)N2CCN(C(=O)c3ccc(C(=O)O)cc3)CC2)cc1. The summed E-state index contributed by atoms with van der Waals surface area (Å²) in [6.45, 7) is 9.61. The average molecular weight is 380 g/mol. The lowest BCUT2D eigenvalue weighted by Crippen LogP contribution is -2.49. The molecule has 5 nitrogen and oxygen atoms in total. The molecule has 5 heteroatoms. The van der Waals surface area contributed by atoms with Crippen molar-refractivity contribution in [1.29, 1.82) is 0 Å². The van der Waals surface area contributed by atoms with E-state index in [1.165, 1.54) is 23.3 Å². The first-order valence-electron chi connectivity index (χ1n) is 9.83. The third-order valence-corrected chi connectivity index (χ3v) is 5.61. The number of carbonyl (C=O) groups is 2. The van der Waals surface area contributed by atoms with Crippen molar-refractivity contribution in [3.63, 3.8) is 0 Å². The van der Waals surface area contributed by atoms with E-state index < -0.39 is 5.97 Å². The van der Waals surface area contributed by atoms with Crippen LogP contribution in [0.5, 0.6) is 0 Å². The molecule has 0 aromatic heterocycles. The molecule has 1 saturated heterocycles. The normalized spacial score (nSPS) is 16.2. The van der Waals surface area contributed by atoms with Crippen molar-refractivity contribution in [2.45, 2.75) is 32.7 Å². The number of hydrogen-bond acceptors (Lipinski definition) is 3. The number of carbonyl (C=O) groups excluding carboxylic acids is 1. The van der Waals surface area contributed by atoms with Crippen molar-refractivity contribution in [1.82, 2.24) is 9.80 Å². The maximum absolute atomic E-state index is 12.7. The van der Waals surface area contributed by atoms with E-state index >= 15 is 0 Å². The number of carboxylic acid groups (broad SMARTS) is 1. The van der Waals surface area contributed by atoms with Gasteiger partial charge in [0, 0.05) is 37.8 Å². The molecule has 0 bridgehead atoms. The Morgan fingerprint density at radius 3 is 1.79 bits per heavy atom. The molecule has 0 aliphatic carbocycles. The van der Waals surface area contributed by atoms with Gasteiger partial charge in [-0.1, -0.05) is 38.1 Å². The number of rotatable bonds is 5. The topological polar surface area (TPSA) is 60.9 Å². The van der Waals surface area contributed by atoms with Gasteiger partial charge in [0.1, 0.15) is 0 Å². The van der Waals surface area contributed by atoms with E-state index in [1.807, 2.05) is 4.90 Å². The van der Waals surface area contributed by atoms with Crippen molar-refractivity contribution in [3.8, 4) is 0 Å². The first-order chi connectivity index (χ1) is 13.4. The lowest BCUT2D eigenvalue weighted by molar-refractivity contribution is 0.0581. The second-order valence-electron chi connectivity index (χ2n) is 7.71. The minimum Gasteiger partial charge on any atom is -0.478 e. The molecule has 1 aliphatic heterocycles. The van der Waals surface area contributed by atoms with Crippen LogP contribution in [0.2, 0.25) is 0 Å². The van der Waals surface area contributed by atoms with Gasteiger partial charge in [-0.05, 0) is 48.2 Å². The molecule has 1 aliphatic rings. The first-order valence-corrected chi connectivity index (χ1v) is 9.83. The Hall–Kier alpha value is -2.66. The zero-order valence-corrected chi connectivity index (χ0v) is 16.8. The van der Waals surface area contributed by atoms with E-state index in [4.69, 9.17) is 5.11 Å². The molecule has 3 rings (SSSR count). The summed E-state index contributed by atoms with van der Waals surface area (Å²) < 4.78 is 0. The van der Waals surface area contributed by atoms with Crippen LogP contribution in [0.3, 0.4) is 0 Å². The van der Waals surface area contributed by atoms with Gasteiger partial charge in [0.05, 0.1) is 5.56 Å². The Labute approximate surface area is 166 Å². The molecule has 0 saturated carbocycles. The zero-order valence-electron chi connectivity index (χ0n) is 16.8. The van der Waals surface area contributed by atoms with Crippen molar-refractivity contribution < 1.29 is 14.7 Å². The van der Waals surface area contributed by atoms with Gasteiger partial charge in [-0.3, -0.25) is 9.69 Å². The molecule has 1 heterocycles. The molecule has 0 radical (unpaired) electrons. The van der Waals surface area contributed by atoms with E-state index in [9.17, 15) is 9.59 Å². The monoisotopic (exact) mass is 380 g/mol. The van der Waals surface area contributed by atoms with Crippen molar-refractivity contribution in [3.05, 3.63) is 70.8 Å². The number of piperazine rings is 1. The summed E-state index contributed by atoms with van der Waals surface area (Å²) >= 11 is 0. The number of aromatic carboxylic acids is 1. The largest absolute Gasteiger partial charge is 0.478 e. The van der Waals surface area contributed by atoms with Gasteiger partial charge in [0.15, 0.2) is 0 Å². The number of hydrogen-bond donors (Lipinski definition) is 1. The number of benzene rings is 2. The van der Waals surface area contributed by atoms with Crippen LogP contribution in [-0.2, 0) is 0 Å². The van der Waals surface area contributed by atoms with Gasteiger partial charge in [-0.25, -0.2) is 4.79 Å². The fourth-order valence-electron chi connectivity index (χ4n) is 3.62. The summed E-state index contributed by atoms with van der Waals surface area (Å²) in [5, 5.41) is 8.98. The highest BCUT2D eigenvalue weighted by molar-refractivity contribution is 5.96. The van der Waals surface area contributed by atoms with Gasteiger partial charge in [0.2, 0.25) is 0 Å². The third kappa shape index (κ3) is 4.42. The van der Waals surface area contributed by atoms with E-state index in [-0.39, 0.29) is 11.5 Å². The fourth-order valence-corrected chi connectivity index (χ4v) is 3.62. The Balaban J connectivity index is 1.58. The van der Waals surface area contributed by atoms with Crippen LogP contribution in [0.15, 0.2) is 48.5 Å². The molecule has 28 heavy (non-hydrogen) atoms. The molecule has 0 spiro atoms. The van der Waals surface area contributed by atoms with Gasteiger partial charge in [0.25, 0.3) is 5.91 Å². The lowest BCUT2D eigenvalue weighted by atomic mass is 9.99. The Morgan fingerprint density at radius 1 is 0.786 bits per heavy atom. The maximum Gasteiger partial charge on any atom is 0.335 e. The van der Waals surface area contributed by atoms with Gasteiger partial charge in [-0.2, -0.15) is 0 Å². The summed E-state index contributed by atoms with van der Waals surface area (Å²) in [5.74, 6) is -0.489. The Kier molecular flexibility index (Phi) is 6.15. The first kappa shape index (κ1) is 20.1. The number of amides is 1. The molecule has 148 valence electrons. The fraction of sp³-hybridized carbons (Fsp3) is 0.391. The van der Waals surface area contributed by atoms with Crippen LogP contribution in [0.1, 0.15) is 64.6 Å². The van der Waals surface area contributed by atoms with Crippen LogP contribution in [0.25, 0.3) is 0 Å². The van der Waals surface area contributed by atoms with Gasteiger partial charge in [-0.15, -0.1) is 0 Å². The van der Waals surface area contributed by atoms with Crippen LogP contribution in [-0.4, -0.2) is 53.0 Å². The van der Waals surface area contributed by atoms with E-state index in [1.54, 1.807) is 12.1 Å². The number of nitrogens with zero attached hydrogens (tertiary/aromatic N) is 2. The van der Waals surface area contributed by atoms with Gasteiger partial charge >= 0.3 is 5.97 Å². The van der Waals surface area contributed by atoms with Crippen molar-refractivity contribution >= 4 is 11.9 Å². The highest BCUT2D eigenvalue weighted by atomic mass is 16.4. The van der Waals surface area contributed by atoms with Crippen LogP contribution in [0.4, 0.5) is 0 Å². The quantitative estimate of drug-likeness (QED) is 0.851. The summed E-state index contributed by atoms with van der Waals surface area (Å²) in [6.07, 6.45) is 0. The zero-order chi connectivity index (χ0) is 20.3. The molecule has 2 aromatic rings. The van der Waals surface area contributed by atoms with Gasteiger partial charge < -0.3 is 10.0 Å². The molecule has 1 fully saturated rings. The molecular weight excluding hydrogens is 352 g/mol. The third-order valence-electron chi connectivity index (χ3n) is 5.61. The smallest absolute Gasteiger partial charge is 0.335 e. The van der Waals surface area contributed by atoms with Crippen LogP contribution in [0, 0.1) is 0 Å².